The maximum Gasteiger partial charge on any atom is 0.303 e. The van der Waals surface area contributed by atoms with Crippen molar-refractivity contribution in [3.05, 3.63) is 0 Å². The van der Waals surface area contributed by atoms with Gasteiger partial charge in [0.2, 0.25) is 0 Å². The molecular weight excluding hydrogens is 324 g/mol. The fourth-order valence-corrected chi connectivity index (χ4v) is 2.35. The molecule has 0 radical (unpaired) electrons. The van der Waals surface area contributed by atoms with Gasteiger partial charge in [-0.1, -0.05) is 6.92 Å². The van der Waals surface area contributed by atoms with Gasteiger partial charge in [0.05, 0.1) is 6.61 Å². The molecule has 0 aromatic heterocycles. The van der Waals surface area contributed by atoms with Crippen molar-refractivity contribution in [3.8, 4) is 0 Å². The molecule has 1 aliphatic heterocycles. The van der Waals surface area contributed by atoms with Crippen LogP contribution in [0.1, 0.15) is 34.1 Å². The number of esters is 3. The van der Waals surface area contributed by atoms with Crippen molar-refractivity contribution in [1.82, 2.24) is 0 Å². The first-order valence-electron chi connectivity index (χ1n) is 7.69. The average Bonchev–Trinajstić information content (AvgIpc) is 2.45. The second-order valence-corrected chi connectivity index (χ2v) is 5.36. The molecule has 0 aliphatic carbocycles. The Morgan fingerprint density at radius 1 is 0.917 bits per heavy atom. The summed E-state index contributed by atoms with van der Waals surface area (Å²) in [7, 11) is 0. The Balaban J connectivity index is 3.04. The Labute approximate surface area is 140 Å². The summed E-state index contributed by atoms with van der Waals surface area (Å²) in [6.07, 6.45) is -5.30. The van der Waals surface area contributed by atoms with Crippen LogP contribution in [-0.4, -0.2) is 66.9 Å². The molecule has 5 atom stereocenters. The largest absolute Gasteiger partial charge is 0.456 e. The van der Waals surface area contributed by atoms with Crippen molar-refractivity contribution in [2.24, 2.45) is 0 Å². The Kier molecular flexibility index (Phi) is 8.09. The highest BCUT2D eigenvalue weighted by Gasteiger charge is 2.51. The molecular formula is C15H24O9. The summed E-state index contributed by atoms with van der Waals surface area (Å²) in [4.78, 5) is 34.0. The molecule has 138 valence electrons. The standard InChI is InChI=1S/C15H24O9/c1-5-6-20-7-11-12(21-8(2)16)13(22-9(3)17)14(15(19)24-11)23-10(4)18/h11-15,19H,5-7H2,1-4H3/t11-,12+,13+,14-,15?/m1/s1. The van der Waals surface area contributed by atoms with Crippen LogP contribution in [0.3, 0.4) is 0 Å². The van der Waals surface area contributed by atoms with E-state index in [2.05, 4.69) is 0 Å². The summed E-state index contributed by atoms with van der Waals surface area (Å²) >= 11 is 0. The molecule has 0 aromatic rings. The Morgan fingerprint density at radius 3 is 1.92 bits per heavy atom. The molecule has 9 nitrogen and oxygen atoms in total. The molecule has 1 fully saturated rings. The molecule has 1 aliphatic rings. The molecule has 0 bridgehead atoms. The maximum absolute atomic E-state index is 11.4. The van der Waals surface area contributed by atoms with Crippen molar-refractivity contribution >= 4 is 17.9 Å². The van der Waals surface area contributed by atoms with E-state index in [4.69, 9.17) is 23.7 Å². The van der Waals surface area contributed by atoms with Crippen LogP contribution in [0.2, 0.25) is 0 Å². The Morgan fingerprint density at radius 2 is 1.42 bits per heavy atom. The SMILES string of the molecule is CCCOC[C@H]1OC(O)[C@H](OC(C)=O)[C@@H](OC(C)=O)[C@H]1OC(C)=O. The molecule has 1 N–H and O–H groups in total. The molecule has 24 heavy (non-hydrogen) atoms. The number of hydrogen-bond acceptors (Lipinski definition) is 9. The van der Waals surface area contributed by atoms with Crippen LogP contribution in [0.15, 0.2) is 0 Å². The summed E-state index contributed by atoms with van der Waals surface area (Å²) in [6.45, 7) is 5.83. The molecule has 0 amide bonds. The number of carbonyl (C=O) groups is 3. The van der Waals surface area contributed by atoms with Gasteiger partial charge in [-0.2, -0.15) is 0 Å². The number of hydrogen-bond donors (Lipinski definition) is 1. The lowest BCUT2D eigenvalue weighted by atomic mass is 9.98. The predicted octanol–water partition coefficient (Wildman–Crippen LogP) is -0.0747. The van der Waals surface area contributed by atoms with Crippen LogP contribution in [-0.2, 0) is 38.1 Å². The molecule has 1 heterocycles. The molecule has 0 spiro atoms. The van der Waals surface area contributed by atoms with Crippen LogP contribution in [0, 0.1) is 0 Å². The third kappa shape index (κ3) is 6.06. The van der Waals surface area contributed by atoms with Crippen LogP contribution in [0.25, 0.3) is 0 Å². The quantitative estimate of drug-likeness (QED) is 0.383. The molecule has 0 saturated carbocycles. The van der Waals surface area contributed by atoms with Gasteiger partial charge in [0, 0.05) is 27.4 Å². The van der Waals surface area contributed by atoms with Crippen molar-refractivity contribution < 1.29 is 43.2 Å². The van der Waals surface area contributed by atoms with E-state index in [0.717, 1.165) is 20.3 Å². The first kappa shape index (κ1) is 20.3. The van der Waals surface area contributed by atoms with Gasteiger partial charge in [-0.15, -0.1) is 0 Å². The van der Waals surface area contributed by atoms with Gasteiger partial charge in [0.15, 0.2) is 24.6 Å². The van der Waals surface area contributed by atoms with E-state index in [1.165, 1.54) is 6.92 Å². The zero-order valence-electron chi connectivity index (χ0n) is 14.2. The summed E-state index contributed by atoms with van der Waals surface area (Å²) < 4.78 is 26.0. The number of ether oxygens (including phenoxy) is 5. The molecule has 0 aromatic carbocycles. The number of carbonyl (C=O) groups excluding carboxylic acids is 3. The van der Waals surface area contributed by atoms with Crippen LogP contribution in [0.4, 0.5) is 0 Å². The van der Waals surface area contributed by atoms with Crippen LogP contribution < -0.4 is 0 Å². The normalized spacial score (nSPS) is 29.6. The number of rotatable bonds is 7. The summed E-state index contributed by atoms with van der Waals surface area (Å²) in [5.41, 5.74) is 0. The van der Waals surface area contributed by atoms with Gasteiger partial charge in [-0.25, -0.2) is 0 Å². The first-order valence-corrected chi connectivity index (χ1v) is 7.69. The predicted molar refractivity (Wildman–Crippen MR) is 78.7 cm³/mol. The molecule has 9 heteroatoms. The highest BCUT2D eigenvalue weighted by Crippen LogP contribution is 2.28. The monoisotopic (exact) mass is 348 g/mol. The fraction of sp³-hybridized carbons (Fsp3) is 0.800. The van der Waals surface area contributed by atoms with E-state index in [-0.39, 0.29) is 6.61 Å². The Hall–Kier alpha value is -1.71. The minimum Gasteiger partial charge on any atom is -0.456 e. The van der Waals surface area contributed by atoms with Crippen molar-refractivity contribution in [1.29, 1.82) is 0 Å². The van der Waals surface area contributed by atoms with Gasteiger partial charge in [0.1, 0.15) is 6.10 Å². The lowest BCUT2D eigenvalue weighted by Gasteiger charge is -2.42. The van der Waals surface area contributed by atoms with Crippen molar-refractivity contribution in [2.75, 3.05) is 13.2 Å². The fourth-order valence-electron chi connectivity index (χ4n) is 2.35. The lowest BCUT2D eigenvalue weighted by Crippen LogP contribution is -2.62. The van der Waals surface area contributed by atoms with Crippen molar-refractivity contribution in [3.63, 3.8) is 0 Å². The zero-order chi connectivity index (χ0) is 18.3. The third-order valence-corrected chi connectivity index (χ3v) is 3.15. The number of aliphatic hydroxyl groups excluding tert-OH is 1. The van der Waals surface area contributed by atoms with Crippen LogP contribution in [0.5, 0.6) is 0 Å². The number of aliphatic hydroxyl groups is 1. The van der Waals surface area contributed by atoms with E-state index in [0.29, 0.717) is 6.61 Å². The summed E-state index contributed by atoms with van der Waals surface area (Å²) in [5, 5.41) is 10.1. The highest BCUT2D eigenvalue weighted by atomic mass is 16.7. The first-order chi connectivity index (χ1) is 11.3. The minimum atomic E-state index is -1.56. The Bertz CT molecular complexity index is 450. The summed E-state index contributed by atoms with van der Waals surface area (Å²) in [6, 6.07) is 0. The van der Waals surface area contributed by atoms with E-state index in [1.54, 1.807) is 0 Å². The smallest absolute Gasteiger partial charge is 0.303 e. The summed E-state index contributed by atoms with van der Waals surface area (Å²) in [5.74, 6) is -2.03. The second kappa shape index (κ2) is 9.55. The molecule has 1 unspecified atom stereocenters. The van der Waals surface area contributed by atoms with Crippen LogP contribution >= 0.6 is 0 Å². The van der Waals surface area contributed by atoms with E-state index < -0.39 is 48.6 Å². The van der Waals surface area contributed by atoms with Gasteiger partial charge in [-0.3, -0.25) is 14.4 Å². The van der Waals surface area contributed by atoms with E-state index in [9.17, 15) is 19.5 Å². The van der Waals surface area contributed by atoms with Gasteiger partial charge >= 0.3 is 17.9 Å². The topological polar surface area (TPSA) is 118 Å². The van der Waals surface area contributed by atoms with Gasteiger partial charge in [-0.05, 0) is 6.42 Å². The molecule has 1 rings (SSSR count). The lowest BCUT2D eigenvalue weighted by molar-refractivity contribution is -0.297. The zero-order valence-corrected chi connectivity index (χ0v) is 14.2. The molecule has 1 saturated heterocycles. The van der Waals surface area contributed by atoms with Gasteiger partial charge in [0.25, 0.3) is 0 Å². The van der Waals surface area contributed by atoms with Gasteiger partial charge < -0.3 is 28.8 Å². The third-order valence-electron chi connectivity index (χ3n) is 3.15. The maximum atomic E-state index is 11.4. The minimum absolute atomic E-state index is 0.00734. The van der Waals surface area contributed by atoms with E-state index in [1.807, 2.05) is 6.92 Å². The second-order valence-electron chi connectivity index (χ2n) is 5.36. The van der Waals surface area contributed by atoms with Crippen molar-refractivity contribution in [2.45, 2.75) is 64.8 Å². The van der Waals surface area contributed by atoms with E-state index >= 15 is 0 Å². The highest BCUT2D eigenvalue weighted by molar-refractivity contribution is 5.68. The average molecular weight is 348 g/mol.